The summed E-state index contributed by atoms with van der Waals surface area (Å²) < 4.78 is 5.93. The maximum absolute atomic E-state index is 12.7. The molecule has 0 amide bonds. The number of esters is 1. The van der Waals surface area contributed by atoms with Gasteiger partial charge in [0, 0.05) is 12.3 Å². The van der Waals surface area contributed by atoms with Crippen molar-refractivity contribution in [2.24, 2.45) is 23.7 Å². The van der Waals surface area contributed by atoms with Crippen molar-refractivity contribution in [3.63, 3.8) is 0 Å². The molecule has 2 aliphatic carbocycles. The molecule has 0 saturated heterocycles. The first-order valence-corrected chi connectivity index (χ1v) is 11.5. The highest BCUT2D eigenvalue weighted by Crippen LogP contribution is 2.44. The van der Waals surface area contributed by atoms with Crippen LogP contribution in [-0.2, 0) is 14.3 Å². The Morgan fingerprint density at radius 2 is 1.87 bits per heavy atom. The molecular formula is C24H38O7. The van der Waals surface area contributed by atoms with Crippen LogP contribution in [0.4, 0.5) is 0 Å². The molecule has 0 spiro atoms. The average Bonchev–Trinajstić information content (AvgIpc) is 2.67. The predicted octanol–water partition coefficient (Wildman–Crippen LogP) is 2.83. The number of carbonyl (C=O) groups excluding carboxylic acids is 1. The molecule has 7 unspecified atom stereocenters. The summed E-state index contributed by atoms with van der Waals surface area (Å²) >= 11 is 0. The van der Waals surface area contributed by atoms with E-state index in [0.29, 0.717) is 32.1 Å². The van der Waals surface area contributed by atoms with E-state index < -0.39 is 30.4 Å². The summed E-state index contributed by atoms with van der Waals surface area (Å²) in [7, 11) is 0. The molecule has 2 rings (SSSR count). The minimum absolute atomic E-state index is 0.0163. The fourth-order valence-electron chi connectivity index (χ4n) is 4.96. The lowest BCUT2D eigenvalue weighted by atomic mass is 9.66. The number of aliphatic hydroxyl groups is 3. The van der Waals surface area contributed by atoms with Gasteiger partial charge in [0.2, 0.25) is 0 Å². The molecule has 0 fully saturated rings. The van der Waals surface area contributed by atoms with Gasteiger partial charge in [-0.25, -0.2) is 0 Å². The quantitative estimate of drug-likeness (QED) is 0.366. The second kappa shape index (κ2) is 11.8. The van der Waals surface area contributed by atoms with E-state index >= 15 is 0 Å². The van der Waals surface area contributed by atoms with E-state index in [9.17, 15) is 24.9 Å². The summed E-state index contributed by atoms with van der Waals surface area (Å²) in [6.45, 7) is 6.02. The van der Waals surface area contributed by atoms with Crippen molar-refractivity contribution in [3.05, 3.63) is 23.8 Å². The molecule has 0 bridgehead atoms. The van der Waals surface area contributed by atoms with Gasteiger partial charge in [0.25, 0.3) is 0 Å². The SMILES string of the molecule is CCC(CC)C(=O)OC1CC(O)C=C2C=CC(C)C(CCC(O)CC(O)CC(=O)O)C21. The largest absolute Gasteiger partial charge is 0.481 e. The van der Waals surface area contributed by atoms with E-state index in [1.165, 1.54) is 0 Å². The van der Waals surface area contributed by atoms with Gasteiger partial charge in [-0.15, -0.1) is 0 Å². The number of carboxylic acid groups (broad SMARTS) is 1. The number of fused-ring (bicyclic) bond motifs is 1. The first-order valence-electron chi connectivity index (χ1n) is 11.5. The maximum Gasteiger partial charge on any atom is 0.309 e. The Bertz CT molecular complexity index is 667. The highest BCUT2D eigenvalue weighted by molar-refractivity contribution is 5.72. The van der Waals surface area contributed by atoms with Crippen molar-refractivity contribution in [2.45, 2.75) is 90.1 Å². The predicted molar refractivity (Wildman–Crippen MR) is 116 cm³/mol. The molecule has 0 aliphatic heterocycles. The number of carboxylic acids is 1. The first kappa shape index (κ1) is 25.6. The van der Waals surface area contributed by atoms with Crippen LogP contribution in [0.1, 0.15) is 65.7 Å². The number of allylic oxidation sites excluding steroid dienone is 2. The molecule has 2 aliphatic rings. The van der Waals surface area contributed by atoms with Crippen LogP contribution in [0.25, 0.3) is 0 Å². The number of hydrogen-bond acceptors (Lipinski definition) is 6. The molecular weight excluding hydrogens is 400 g/mol. The van der Waals surface area contributed by atoms with Crippen molar-refractivity contribution >= 4 is 11.9 Å². The smallest absolute Gasteiger partial charge is 0.309 e. The highest BCUT2D eigenvalue weighted by Gasteiger charge is 2.42. The molecule has 0 radical (unpaired) electrons. The van der Waals surface area contributed by atoms with Crippen LogP contribution in [0.3, 0.4) is 0 Å². The summed E-state index contributed by atoms with van der Waals surface area (Å²) in [5, 5.41) is 39.2. The molecule has 0 aromatic carbocycles. The summed E-state index contributed by atoms with van der Waals surface area (Å²) in [6, 6.07) is 0. The zero-order chi connectivity index (χ0) is 23.1. The normalized spacial score (nSPS) is 29.8. The number of rotatable bonds is 11. The minimum Gasteiger partial charge on any atom is -0.481 e. The molecule has 7 nitrogen and oxygen atoms in total. The van der Waals surface area contributed by atoms with Gasteiger partial charge in [-0.05, 0) is 49.5 Å². The van der Waals surface area contributed by atoms with Crippen LogP contribution in [0, 0.1) is 23.7 Å². The van der Waals surface area contributed by atoms with Gasteiger partial charge in [-0.3, -0.25) is 9.59 Å². The molecule has 176 valence electrons. The minimum atomic E-state index is -1.09. The van der Waals surface area contributed by atoms with Gasteiger partial charge in [0.1, 0.15) is 6.10 Å². The number of hydrogen-bond donors (Lipinski definition) is 4. The van der Waals surface area contributed by atoms with Gasteiger partial charge in [-0.1, -0.05) is 39.0 Å². The molecule has 31 heavy (non-hydrogen) atoms. The lowest BCUT2D eigenvalue weighted by Gasteiger charge is -2.43. The van der Waals surface area contributed by atoms with Crippen LogP contribution in [0.2, 0.25) is 0 Å². The Morgan fingerprint density at radius 1 is 1.19 bits per heavy atom. The number of carbonyl (C=O) groups is 2. The molecule has 0 saturated carbocycles. The van der Waals surface area contributed by atoms with E-state index in [4.69, 9.17) is 9.84 Å². The summed E-state index contributed by atoms with van der Waals surface area (Å²) in [6.07, 6.45) is 5.40. The van der Waals surface area contributed by atoms with Crippen molar-refractivity contribution in [1.82, 2.24) is 0 Å². The van der Waals surface area contributed by atoms with Gasteiger partial charge in [0.05, 0.1) is 30.7 Å². The van der Waals surface area contributed by atoms with E-state index in [0.717, 1.165) is 5.57 Å². The van der Waals surface area contributed by atoms with Crippen LogP contribution < -0.4 is 0 Å². The third-order valence-corrected chi connectivity index (χ3v) is 6.75. The number of aliphatic hydroxyl groups excluding tert-OH is 3. The Labute approximate surface area is 184 Å². The first-order chi connectivity index (χ1) is 14.7. The fraction of sp³-hybridized carbons (Fsp3) is 0.750. The van der Waals surface area contributed by atoms with Gasteiger partial charge < -0.3 is 25.2 Å². The van der Waals surface area contributed by atoms with Crippen molar-refractivity contribution in [2.75, 3.05) is 0 Å². The number of ether oxygens (including phenoxy) is 1. The maximum atomic E-state index is 12.7. The fourth-order valence-corrected chi connectivity index (χ4v) is 4.96. The lowest BCUT2D eigenvalue weighted by Crippen LogP contribution is -2.43. The average molecular weight is 439 g/mol. The Hall–Kier alpha value is -1.70. The van der Waals surface area contributed by atoms with Crippen molar-refractivity contribution in [3.8, 4) is 0 Å². The van der Waals surface area contributed by atoms with E-state index in [-0.39, 0.29) is 42.5 Å². The Balaban J connectivity index is 2.10. The molecule has 0 aromatic rings. The standard InChI is InChI=1S/C24H38O7/c1-4-15(5-2)24(30)31-21-12-18(26)10-16-7-6-14(3)20(23(16)21)9-8-17(25)11-19(27)13-22(28)29/h6-7,10,14-15,17-21,23,25-27H,4-5,8-9,11-13H2,1-3H3,(H,28,29). The van der Waals surface area contributed by atoms with Crippen LogP contribution in [-0.4, -0.2) is 56.8 Å². The summed E-state index contributed by atoms with van der Waals surface area (Å²) in [5.74, 6) is -1.22. The third kappa shape index (κ3) is 7.16. The van der Waals surface area contributed by atoms with Gasteiger partial charge >= 0.3 is 11.9 Å². The summed E-state index contributed by atoms with van der Waals surface area (Å²) in [5.41, 5.74) is 0.963. The van der Waals surface area contributed by atoms with Crippen LogP contribution in [0.5, 0.6) is 0 Å². The molecule has 0 aromatic heterocycles. The topological polar surface area (TPSA) is 124 Å². The Kier molecular flexibility index (Phi) is 9.72. The Morgan fingerprint density at radius 3 is 2.48 bits per heavy atom. The molecule has 7 atom stereocenters. The second-order valence-corrected chi connectivity index (χ2v) is 9.08. The monoisotopic (exact) mass is 438 g/mol. The van der Waals surface area contributed by atoms with E-state index in [1.807, 2.05) is 26.0 Å². The van der Waals surface area contributed by atoms with Crippen LogP contribution in [0.15, 0.2) is 23.8 Å². The van der Waals surface area contributed by atoms with Crippen molar-refractivity contribution in [1.29, 1.82) is 0 Å². The highest BCUT2D eigenvalue weighted by atomic mass is 16.5. The van der Waals surface area contributed by atoms with E-state index in [2.05, 4.69) is 13.0 Å². The molecule has 7 heteroatoms. The molecule has 0 heterocycles. The van der Waals surface area contributed by atoms with E-state index in [1.54, 1.807) is 0 Å². The zero-order valence-electron chi connectivity index (χ0n) is 18.8. The van der Waals surface area contributed by atoms with Crippen molar-refractivity contribution < 1.29 is 34.8 Å². The van der Waals surface area contributed by atoms with Crippen LogP contribution >= 0.6 is 0 Å². The number of aliphatic carboxylic acids is 1. The molecule has 4 N–H and O–H groups in total. The third-order valence-electron chi connectivity index (χ3n) is 6.75. The second-order valence-electron chi connectivity index (χ2n) is 9.08. The lowest BCUT2D eigenvalue weighted by molar-refractivity contribution is -0.160. The zero-order valence-corrected chi connectivity index (χ0v) is 18.8. The summed E-state index contributed by atoms with van der Waals surface area (Å²) in [4.78, 5) is 23.4. The van der Waals surface area contributed by atoms with Gasteiger partial charge in [-0.2, -0.15) is 0 Å². The van der Waals surface area contributed by atoms with Gasteiger partial charge in [0.15, 0.2) is 0 Å².